The summed E-state index contributed by atoms with van der Waals surface area (Å²) in [6.45, 7) is 32.1. The van der Waals surface area contributed by atoms with E-state index in [1.807, 2.05) is 0 Å². The first-order valence-corrected chi connectivity index (χ1v) is 22.5. The van der Waals surface area contributed by atoms with Crippen molar-refractivity contribution in [2.45, 2.75) is 161 Å². The number of aromatic nitrogens is 1. The van der Waals surface area contributed by atoms with Crippen molar-refractivity contribution in [1.29, 1.82) is 0 Å². The van der Waals surface area contributed by atoms with Gasteiger partial charge in [-0.25, -0.2) is 0 Å². The van der Waals surface area contributed by atoms with Gasteiger partial charge in [-0.3, -0.25) is 0 Å². The van der Waals surface area contributed by atoms with Crippen LogP contribution in [0, 0.1) is 6.92 Å². The van der Waals surface area contributed by atoms with Gasteiger partial charge in [-0.15, -0.1) is 0 Å². The Morgan fingerprint density at radius 2 is 1.00 bits per heavy atom. The van der Waals surface area contributed by atoms with Crippen LogP contribution in [0.2, 0.25) is 0 Å². The standard InChI is InChI=1S/C55H63BN2/c1-32-25-37-35-16-14-15-34-36-28-40-42(54(10,11)23-21-52(40,6)7)30-45(36)58(49(34)35)56-44-29-41-43(55(12,13)24-22-53(41,8)9)31-46(44)57(47(26-32)48(37)56)33-17-18-38-39(27-33)51(4,5)20-19-50(38,2)3/h14-18,25-31H,19-24H2,1-13H3. The lowest BCUT2D eigenvalue weighted by atomic mass is 9.44. The van der Waals surface area contributed by atoms with Gasteiger partial charge in [0.05, 0.1) is 0 Å². The molecule has 1 aromatic heterocycles. The maximum Gasteiger partial charge on any atom is 0.333 e. The second kappa shape index (κ2) is 11.1. The maximum atomic E-state index is 2.82. The highest BCUT2D eigenvalue weighted by Gasteiger charge is 2.47. The van der Waals surface area contributed by atoms with E-state index in [0.29, 0.717) is 0 Å². The van der Waals surface area contributed by atoms with E-state index in [4.69, 9.17) is 0 Å². The molecule has 296 valence electrons. The normalized spacial score (nSPS) is 21.9. The van der Waals surface area contributed by atoms with Gasteiger partial charge in [-0.05, 0) is 170 Å². The summed E-state index contributed by atoms with van der Waals surface area (Å²) in [5.41, 5.74) is 23.7. The minimum absolute atomic E-state index is 0.0589. The van der Waals surface area contributed by atoms with Crippen LogP contribution in [0.1, 0.15) is 161 Å². The van der Waals surface area contributed by atoms with Crippen molar-refractivity contribution in [3.63, 3.8) is 0 Å². The quantitative estimate of drug-likeness (QED) is 0.151. The molecule has 5 aliphatic rings. The molecule has 5 aromatic carbocycles. The topological polar surface area (TPSA) is 8.17 Å². The van der Waals surface area contributed by atoms with Gasteiger partial charge < -0.3 is 9.38 Å². The summed E-state index contributed by atoms with van der Waals surface area (Å²) in [6, 6.07) is 30.4. The monoisotopic (exact) mass is 763 g/mol. The Bertz CT molecular complexity index is 2820. The van der Waals surface area contributed by atoms with Crippen LogP contribution in [-0.4, -0.2) is 11.3 Å². The largest absolute Gasteiger partial charge is 0.375 e. The average molecular weight is 763 g/mol. The minimum atomic E-state index is 0.0589. The summed E-state index contributed by atoms with van der Waals surface area (Å²) in [4.78, 5) is 2.71. The third-order valence-electron chi connectivity index (χ3n) is 16.8. The molecule has 6 aromatic rings. The summed E-state index contributed by atoms with van der Waals surface area (Å²) >= 11 is 0. The van der Waals surface area contributed by atoms with Gasteiger partial charge >= 0.3 is 6.85 Å². The number of benzene rings is 5. The minimum Gasteiger partial charge on any atom is -0.375 e. The fourth-order valence-corrected chi connectivity index (χ4v) is 12.7. The number of rotatable bonds is 1. The Morgan fingerprint density at radius 1 is 0.466 bits per heavy atom. The van der Waals surface area contributed by atoms with E-state index in [9.17, 15) is 0 Å². The van der Waals surface area contributed by atoms with Crippen LogP contribution in [0.25, 0.3) is 32.9 Å². The molecule has 0 fully saturated rings. The molecule has 3 heterocycles. The summed E-state index contributed by atoms with van der Waals surface area (Å²) in [6.07, 6.45) is 7.26. The van der Waals surface area contributed by atoms with Gasteiger partial charge in [0.2, 0.25) is 0 Å². The predicted octanol–water partition coefficient (Wildman–Crippen LogP) is 13.6. The molecule has 2 nitrogen and oxygen atoms in total. The SMILES string of the molecule is Cc1cc2c3c(c1)N(c1ccc4c(c1)C(C)(C)CCC4(C)C)c1cc4c(cc1B3n1c3cc5c(cc3c3cccc-2c31)C(C)(C)CCC5(C)C)C(C)(C)CCC4(C)C. The highest BCUT2D eigenvalue weighted by Crippen LogP contribution is 2.54. The molecular weight excluding hydrogens is 699 g/mol. The van der Waals surface area contributed by atoms with Crippen LogP contribution in [-0.2, 0) is 32.5 Å². The van der Waals surface area contributed by atoms with Crippen molar-refractivity contribution in [2.75, 3.05) is 4.90 Å². The Kier molecular flexibility index (Phi) is 7.06. The lowest BCUT2D eigenvalue weighted by Crippen LogP contribution is -2.57. The summed E-state index contributed by atoms with van der Waals surface area (Å²) in [5, 5.41) is 2.81. The van der Waals surface area contributed by atoms with E-state index in [1.54, 1.807) is 11.1 Å². The third-order valence-corrected chi connectivity index (χ3v) is 16.8. The van der Waals surface area contributed by atoms with Crippen molar-refractivity contribution < 1.29 is 0 Å². The lowest BCUT2D eigenvalue weighted by molar-refractivity contribution is 0.332. The summed E-state index contributed by atoms with van der Waals surface area (Å²) in [5.74, 6) is 0. The molecule has 3 heteroatoms. The number of nitrogens with zero attached hydrogens (tertiary/aromatic N) is 2. The molecule has 0 saturated carbocycles. The average Bonchev–Trinajstić information content (AvgIpc) is 3.48. The van der Waals surface area contributed by atoms with Crippen molar-refractivity contribution in [1.82, 2.24) is 4.48 Å². The van der Waals surface area contributed by atoms with Gasteiger partial charge in [0.1, 0.15) is 0 Å². The first kappa shape index (κ1) is 36.8. The number of hydrogen-bond donors (Lipinski definition) is 0. The van der Waals surface area contributed by atoms with Gasteiger partial charge in [0, 0.05) is 44.4 Å². The number of para-hydroxylation sites is 1. The van der Waals surface area contributed by atoms with Crippen LogP contribution in [0.4, 0.5) is 17.1 Å². The van der Waals surface area contributed by atoms with E-state index in [-0.39, 0.29) is 39.3 Å². The molecule has 11 rings (SSSR count). The molecule has 0 spiro atoms. The Balaban J connectivity index is 1.29. The van der Waals surface area contributed by atoms with Crippen LogP contribution < -0.4 is 15.8 Å². The molecule has 0 N–H and O–H groups in total. The molecule has 3 aliphatic carbocycles. The number of anilines is 3. The molecule has 2 aliphatic heterocycles. The molecular formula is C55H63BN2. The van der Waals surface area contributed by atoms with E-state index >= 15 is 0 Å². The van der Waals surface area contributed by atoms with Crippen molar-refractivity contribution in [3.8, 4) is 11.1 Å². The Hall–Kier alpha value is -4.24. The van der Waals surface area contributed by atoms with Gasteiger partial charge in [0.15, 0.2) is 0 Å². The molecule has 0 atom stereocenters. The summed E-state index contributed by atoms with van der Waals surface area (Å²) < 4.78 is 2.82. The molecule has 0 unspecified atom stereocenters. The highest BCUT2D eigenvalue weighted by molar-refractivity contribution is 6.90. The molecule has 0 bridgehead atoms. The molecule has 0 radical (unpaired) electrons. The van der Waals surface area contributed by atoms with Crippen LogP contribution in [0.3, 0.4) is 0 Å². The number of hydrogen-bond acceptors (Lipinski definition) is 1. The van der Waals surface area contributed by atoms with Gasteiger partial charge in [0.25, 0.3) is 0 Å². The van der Waals surface area contributed by atoms with Crippen molar-refractivity contribution in [3.05, 3.63) is 112 Å². The van der Waals surface area contributed by atoms with Crippen LogP contribution in [0.5, 0.6) is 0 Å². The summed E-state index contributed by atoms with van der Waals surface area (Å²) in [7, 11) is 0. The fraction of sp³-hybridized carbons (Fsp3) is 0.455. The second-order valence-electron chi connectivity index (χ2n) is 23.5. The lowest BCUT2D eigenvalue weighted by Gasteiger charge is -2.47. The molecule has 58 heavy (non-hydrogen) atoms. The zero-order valence-corrected chi connectivity index (χ0v) is 37.6. The molecule has 0 amide bonds. The molecule has 0 saturated heterocycles. The Labute approximate surface area is 348 Å². The highest BCUT2D eigenvalue weighted by atomic mass is 15.2. The van der Waals surface area contributed by atoms with E-state index in [1.165, 1.54) is 127 Å². The van der Waals surface area contributed by atoms with Gasteiger partial charge in [-0.1, -0.05) is 119 Å². The van der Waals surface area contributed by atoms with E-state index in [2.05, 4.69) is 172 Å². The van der Waals surface area contributed by atoms with E-state index in [0.717, 1.165) is 0 Å². The number of aryl methyl sites for hydroxylation is 1. The zero-order valence-electron chi connectivity index (χ0n) is 37.6. The van der Waals surface area contributed by atoms with E-state index < -0.39 is 0 Å². The maximum absolute atomic E-state index is 2.82. The fourth-order valence-electron chi connectivity index (χ4n) is 12.7. The predicted molar refractivity (Wildman–Crippen MR) is 251 cm³/mol. The Morgan fingerprint density at radius 3 is 1.62 bits per heavy atom. The van der Waals surface area contributed by atoms with Crippen molar-refractivity contribution in [2.24, 2.45) is 0 Å². The van der Waals surface area contributed by atoms with Gasteiger partial charge in [-0.2, -0.15) is 0 Å². The second-order valence-corrected chi connectivity index (χ2v) is 23.5. The van der Waals surface area contributed by atoms with Crippen LogP contribution >= 0.6 is 0 Å². The first-order chi connectivity index (χ1) is 27.1. The third kappa shape index (κ3) is 4.74. The smallest absolute Gasteiger partial charge is 0.333 e. The van der Waals surface area contributed by atoms with Crippen LogP contribution in [0.15, 0.2) is 72.8 Å². The first-order valence-electron chi connectivity index (χ1n) is 22.5. The van der Waals surface area contributed by atoms with Crippen molar-refractivity contribution >= 4 is 56.6 Å². The number of fused-ring (bicyclic) bond motifs is 10. The zero-order chi connectivity index (χ0) is 40.9.